The molecule has 6 nitrogen and oxygen atoms in total. The summed E-state index contributed by atoms with van der Waals surface area (Å²) in [5, 5.41) is 16.4. The van der Waals surface area contributed by atoms with Gasteiger partial charge in [0.2, 0.25) is 0 Å². The van der Waals surface area contributed by atoms with Crippen molar-refractivity contribution in [2.75, 3.05) is 26.2 Å². The lowest BCUT2D eigenvalue weighted by Gasteiger charge is -2.05. The fraction of sp³-hybridized carbons (Fsp3) is 0.667. The predicted octanol–water partition coefficient (Wildman–Crippen LogP) is -1.20. The van der Waals surface area contributed by atoms with Crippen molar-refractivity contribution in [3.63, 3.8) is 0 Å². The molecule has 4 N–H and O–H groups in total. The van der Waals surface area contributed by atoms with Crippen molar-refractivity contribution in [2.24, 2.45) is 4.99 Å². The first-order chi connectivity index (χ1) is 5.79. The molecule has 0 fully saturated rings. The number of aliphatic imine (C=N–C) groups is 1. The number of carboxylic acid groups (broad SMARTS) is 1. The number of hydrogen-bond acceptors (Lipinski definition) is 4. The molecule has 1 amide bonds. The van der Waals surface area contributed by atoms with E-state index in [4.69, 9.17) is 5.11 Å². The summed E-state index contributed by atoms with van der Waals surface area (Å²) in [6.07, 6.45) is -1.00. The van der Waals surface area contributed by atoms with Crippen molar-refractivity contribution in [1.82, 2.24) is 16.0 Å². The number of carbonyl (C=O) groups is 1. The van der Waals surface area contributed by atoms with Gasteiger partial charge in [-0.15, -0.1) is 0 Å². The van der Waals surface area contributed by atoms with Gasteiger partial charge in [0.05, 0.1) is 6.54 Å². The van der Waals surface area contributed by atoms with Gasteiger partial charge in [0, 0.05) is 19.6 Å². The minimum atomic E-state index is -1.00. The predicted molar refractivity (Wildman–Crippen MR) is 44.3 cm³/mol. The van der Waals surface area contributed by atoms with Gasteiger partial charge >= 0.3 is 6.09 Å². The van der Waals surface area contributed by atoms with Crippen LogP contribution in [0.15, 0.2) is 4.99 Å². The lowest BCUT2D eigenvalue weighted by molar-refractivity contribution is 0.194. The Hall–Kier alpha value is -1.46. The zero-order chi connectivity index (χ0) is 8.81. The lowest BCUT2D eigenvalue weighted by atomic mass is 10.6. The van der Waals surface area contributed by atoms with Crippen molar-refractivity contribution >= 4 is 12.1 Å². The molecule has 0 aliphatic carbocycles. The Bertz CT molecular complexity index is 192. The van der Waals surface area contributed by atoms with Crippen LogP contribution >= 0.6 is 0 Å². The molecule has 1 aliphatic heterocycles. The normalized spacial score (nSPS) is 14.8. The number of amides is 1. The van der Waals surface area contributed by atoms with Crippen molar-refractivity contribution < 1.29 is 9.90 Å². The molecular weight excluding hydrogens is 160 g/mol. The van der Waals surface area contributed by atoms with Gasteiger partial charge in [-0.3, -0.25) is 4.99 Å². The molecule has 0 spiro atoms. The number of guanidine groups is 1. The van der Waals surface area contributed by atoms with Crippen LogP contribution in [0, 0.1) is 0 Å². The molecule has 1 rings (SSSR count). The molecule has 0 unspecified atom stereocenters. The third kappa shape index (κ3) is 3.09. The standard InChI is InChI=1S/C6H12N4O2/c11-6(12)10-4-3-9-5-7-1-2-8-5/h10H,1-4H2,(H,11,12)(H2,7,8,9). The lowest BCUT2D eigenvalue weighted by Crippen LogP contribution is -2.38. The van der Waals surface area contributed by atoms with E-state index in [2.05, 4.69) is 20.9 Å². The van der Waals surface area contributed by atoms with Gasteiger partial charge in [-0.1, -0.05) is 0 Å². The minimum Gasteiger partial charge on any atom is -0.465 e. The highest BCUT2D eigenvalue weighted by Gasteiger charge is 2.02. The SMILES string of the molecule is O=C(O)NCCNC1=NCCN1. The van der Waals surface area contributed by atoms with Crippen molar-refractivity contribution in [3.8, 4) is 0 Å². The Morgan fingerprint density at radius 2 is 2.50 bits per heavy atom. The summed E-state index contributed by atoms with van der Waals surface area (Å²) in [6, 6.07) is 0. The average Bonchev–Trinajstić information content (AvgIpc) is 2.49. The van der Waals surface area contributed by atoms with Gasteiger partial charge in [-0.05, 0) is 0 Å². The molecule has 0 saturated carbocycles. The highest BCUT2D eigenvalue weighted by Crippen LogP contribution is 1.79. The van der Waals surface area contributed by atoms with E-state index < -0.39 is 6.09 Å². The van der Waals surface area contributed by atoms with E-state index in [9.17, 15) is 4.79 Å². The van der Waals surface area contributed by atoms with Crippen LogP contribution in [0.5, 0.6) is 0 Å². The molecule has 0 aromatic carbocycles. The highest BCUT2D eigenvalue weighted by molar-refractivity contribution is 5.81. The van der Waals surface area contributed by atoms with Gasteiger partial charge in [-0.25, -0.2) is 4.79 Å². The number of rotatable bonds is 3. The summed E-state index contributed by atoms with van der Waals surface area (Å²) in [7, 11) is 0. The van der Waals surface area contributed by atoms with Gasteiger partial charge in [0.15, 0.2) is 5.96 Å². The van der Waals surface area contributed by atoms with Crippen LogP contribution in [-0.2, 0) is 0 Å². The Labute approximate surface area is 70.1 Å². The molecule has 1 heterocycles. The van der Waals surface area contributed by atoms with E-state index in [0.29, 0.717) is 13.1 Å². The van der Waals surface area contributed by atoms with Crippen LogP contribution in [0.3, 0.4) is 0 Å². The van der Waals surface area contributed by atoms with Crippen molar-refractivity contribution in [3.05, 3.63) is 0 Å². The Balaban J connectivity index is 1.98. The maximum Gasteiger partial charge on any atom is 0.404 e. The molecule has 0 atom stereocenters. The van der Waals surface area contributed by atoms with E-state index in [0.717, 1.165) is 19.0 Å². The van der Waals surface area contributed by atoms with E-state index in [1.807, 2.05) is 0 Å². The topological polar surface area (TPSA) is 85.8 Å². The molecule has 0 aromatic heterocycles. The summed E-state index contributed by atoms with van der Waals surface area (Å²) < 4.78 is 0. The van der Waals surface area contributed by atoms with Crippen LogP contribution in [0.1, 0.15) is 0 Å². The molecule has 1 aliphatic rings. The monoisotopic (exact) mass is 172 g/mol. The molecule has 0 saturated heterocycles. The minimum absolute atomic E-state index is 0.385. The van der Waals surface area contributed by atoms with Gasteiger partial charge in [-0.2, -0.15) is 0 Å². The van der Waals surface area contributed by atoms with Crippen molar-refractivity contribution in [2.45, 2.75) is 0 Å². The first kappa shape index (κ1) is 8.63. The zero-order valence-corrected chi connectivity index (χ0v) is 6.63. The maximum absolute atomic E-state index is 10.0. The second-order valence-corrected chi connectivity index (χ2v) is 2.32. The molecule has 68 valence electrons. The molecule has 0 aromatic rings. The number of nitrogens with zero attached hydrogens (tertiary/aromatic N) is 1. The summed E-state index contributed by atoms with van der Waals surface area (Å²) in [5.41, 5.74) is 0. The van der Waals surface area contributed by atoms with Crippen LogP contribution in [0.4, 0.5) is 4.79 Å². The first-order valence-electron chi connectivity index (χ1n) is 3.78. The largest absolute Gasteiger partial charge is 0.465 e. The molecule has 12 heavy (non-hydrogen) atoms. The average molecular weight is 172 g/mol. The van der Waals surface area contributed by atoms with Gasteiger partial charge in [0.25, 0.3) is 0 Å². The number of nitrogens with one attached hydrogen (secondary N) is 3. The third-order valence-electron chi connectivity index (χ3n) is 1.37. The van der Waals surface area contributed by atoms with Crippen LogP contribution in [0.25, 0.3) is 0 Å². The Kier molecular flexibility index (Phi) is 3.18. The fourth-order valence-electron chi connectivity index (χ4n) is 0.867. The second-order valence-electron chi connectivity index (χ2n) is 2.32. The summed E-state index contributed by atoms with van der Waals surface area (Å²) >= 11 is 0. The molecule has 0 bridgehead atoms. The van der Waals surface area contributed by atoms with E-state index in [-0.39, 0.29) is 0 Å². The smallest absolute Gasteiger partial charge is 0.404 e. The molecule has 6 heteroatoms. The summed E-state index contributed by atoms with van der Waals surface area (Å²) in [5.74, 6) is 0.752. The zero-order valence-electron chi connectivity index (χ0n) is 6.63. The summed E-state index contributed by atoms with van der Waals surface area (Å²) in [6.45, 7) is 2.58. The Morgan fingerprint density at radius 3 is 3.08 bits per heavy atom. The van der Waals surface area contributed by atoms with E-state index in [1.54, 1.807) is 0 Å². The van der Waals surface area contributed by atoms with Crippen LogP contribution in [0.2, 0.25) is 0 Å². The Morgan fingerprint density at radius 1 is 1.67 bits per heavy atom. The second kappa shape index (κ2) is 4.42. The molecule has 0 radical (unpaired) electrons. The van der Waals surface area contributed by atoms with Crippen molar-refractivity contribution in [1.29, 1.82) is 0 Å². The van der Waals surface area contributed by atoms with E-state index in [1.165, 1.54) is 0 Å². The van der Waals surface area contributed by atoms with Gasteiger partial charge < -0.3 is 21.1 Å². The molecular formula is C6H12N4O2. The summed E-state index contributed by atoms with van der Waals surface area (Å²) in [4.78, 5) is 14.1. The highest BCUT2D eigenvalue weighted by atomic mass is 16.4. The van der Waals surface area contributed by atoms with Gasteiger partial charge in [0.1, 0.15) is 0 Å². The quantitative estimate of drug-likeness (QED) is 0.403. The third-order valence-corrected chi connectivity index (χ3v) is 1.37. The van der Waals surface area contributed by atoms with Crippen LogP contribution < -0.4 is 16.0 Å². The fourth-order valence-corrected chi connectivity index (χ4v) is 0.867. The maximum atomic E-state index is 10.0. The first-order valence-corrected chi connectivity index (χ1v) is 3.78. The van der Waals surface area contributed by atoms with E-state index >= 15 is 0 Å². The number of hydrogen-bond donors (Lipinski definition) is 4. The van der Waals surface area contributed by atoms with Crippen LogP contribution in [-0.4, -0.2) is 43.3 Å².